The van der Waals surface area contributed by atoms with Crippen molar-refractivity contribution in [3.63, 3.8) is 0 Å². The molecule has 1 heterocycles. The molecule has 6 heteroatoms. The zero-order valence-corrected chi connectivity index (χ0v) is 12.9. The van der Waals surface area contributed by atoms with Crippen LogP contribution < -0.4 is 5.32 Å². The summed E-state index contributed by atoms with van der Waals surface area (Å²) < 4.78 is 0. The molecule has 1 saturated carbocycles. The Bertz CT molecular complexity index is 375. The second kappa shape index (κ2) is 7.64. The molecule has 0 bridgehead atoms. The number of rotatable bonds is 3. The van der Waals surface area contributed by atoms with E-state index in [2.05, 4.69) is 12.2 Å². The quantitative estimate of drug-likeness (QED) is 0.825. The number of carbonyl (C=O) groups is 2. The van der Waals surface area contributed by atoms with Crippen molar-refractivity contribution in [3.05, 3.63) is 0 Å². The Kier molecular flexibility index (Phi) is 5.85. The van der Waals surface area contributed by atoms with Crippen molar-refractivity contribution in [2.45, 2.75) is 45.1 Å². The molecule has 0 aromatic rings. The number of carboxylic acids is 1. The summed E-state index contributed by atoms with van der Waals surface area (Å²) in [7, 11) is 0. The third kappa shape index (κ3) is 4.88. The molecule has 120 valence electrons. The van der Waals surface area contributed by atoms with Gasteiger partial charge in [-0.3, -0.25) is 9.69 Å². The van der Waals surface area contributed by atoms with Crippen LogP contribution in [0, 0.1) is 5.92 Å². The number of urea groups is 1. The topological polar surface area (TPSA) is 72.9 Å². The Morgan fingerprint density at radius 3 is 2.57 bits per heavy atom. The van der Waals surface area contributed by atoms with Crippen LogP contribution in [0.15, 0.2) is 0 Å². The zero-order valence-electron chi connectivity index (χ0n) is 12.9. The minimum Gasteiger partial charge on any atom is -0.480 e. The summed E-state index contributed by atoms with van der Waals surface area (Å²) in [6.45, 7) is 4.98. The van der Waals surface area contributed by atoms with Gasteiger partial charge in [-0.05, 0) is 25.2 Å². The minimum absolute atomic E-state index is 0.0194. The predicted molar refractivity (Wildman–Crippen MR) is 80.2 cm³/mol. The van der Waals surface area contributed by atoms with Crippen LogP contribution in [0.4, 0.5) is 4.79 Å². The van der Waals surface area contributed by atoms with Gasteiger partial charge in [0.25, 0.3) is 0 Å². The first-order valence-corrected chi connectivity index (χ1v) is 8.06. The molecule has 6 nitrogen and oxygen atoms in total. The smallest absolute Gasteiger partial charge is 0.317 e. The number of aliphatic carboxylic acids is 1. The summed E-state index contributed by atoms with van der Waals surface area (Å²) in [4.78, 5) is 26.9. The van der Waals surface area contributed by atoms with E-state index in [0.717, 1.165) is 19.4 Å². The van der Waals surface area contributed by atoms with Crippen molar-refractivity contribution < 1.29 is 14.7 Å². The van der Waals surface area contributed by atoms with Crippen molar-refractivity contribution in [1.29, 1.82) is 0 Å². The summed E-state index contributed by atoms with van der Waals surface area (Å²) in [5, 5.41) is 12.0. The SMILES string of the molecule is CC1CCCCC1NC(=O)N1CCCN(CC(=O)O)CC1. The molecule has 0 radical (unpaired) electrons. The molecule has 2 atom stereocenters. The monoisotopic (exact) mass is 297 g/mol. The lowest BCUT2D eigenvalue weighted by molar-refractivity contribution is -0.138. The summed E-state index contributed by atoms with van der Waals surface area (Å²) in [6.07, 6.45) is 5.56. The van der Waals surface area contributed by atoms with E-state index in [1.807, 2.05) is 9.80 Å². The fraction of sp³-hybridized carbons (Fsp3) is 0.867. The van der Waals surface area contributed by atoms with E-state index >= 15 is 0 Å². The van der Waals surface area contributed by atoms with Gasteiger partial charge in [0.15, 0.2) is 0 Å². The van der Waals surface area contributed by atoms with Crippen molar-refractivity contribution in [2.24, 2.45) is 5.92 Å². The van der Waals surface area contributed by atoms with Crippen LogP contribution in [0.1, 0.15) is 39.0 Å². The molecule has 0 aromatic heterocycles. The molecule has 2 unspecified atom stereocenters. The molecule has 2 N–H and O–H groups in total. The average Bonchev–Trinajstić information content (AvgIpc) is 2.66. The standard InChI is InChI=1S/C15H27N3O3/c1-12-5-2-3-6-13(12)16-15(21)18-8-4-7-17(9-10-18)11-14(19)20/h12-13H,2-11H2,1H3,(H,16,21)(H,19,20). The van der Waals surface area contributed by atoms with Gasteiger partial charge in [0.2, 0.25) is 0 Å². The fourth-order valence-electron chi connectivity index (χ4n) is 3.30. The van der Waals surface area contributed by atoms with E-state index < -0.39 is 5.97 Å². The van der Waals surface area contributed by atoms with Crippen molar-refractivity contribution in [3.8, 4) is 0 Å². The zero-order chi connectivity index (χ0) is 15.2. The van der Waals surface area contributed by atoms with Crippen LogP contribution in [0.25, 0.3) is 0 Å². The Balaban J connectivity index is 1.81. The molecular weight excluding hydrogens is 270 g/mol. The lowest BCUT2D eigenvalue weighted by Crippen LogP contribution is -2.49. The van der Waals surface area contributed by atoms with Gasteiger partial charge in [0, 0.05) is 32.2 Å². The normalized spacial score (nSPS) is 28.0. The highest BCUT2D eigenvalue weighted by Gasteiger charge is 2.26. The third-order valence-corrected chi connectivity index (χ3v) is 4.65. The van der Waals surface area contributed by atoms with Crippen molar-refractivity contribution in [2.75, 3.05) is 32.7 Å². The second-order valence-electron chi connectivity index (χ2n) is 6.33. The summed E-state index contributed by atoms with van der Waals surface area (Å²) in [5.41, 5.74) is 0. The van der Waals surface area contributed by atoms with E-state index in [0.29, 0.717) is 31.6 Å². The lowest BCUT2D eigenvalue weighted by Gasteiger charge is -2.32. The molecule has 21 heavy (non-hydrogen) atoms. The Morgan fingerprint density at radius 1 is 1.10 bits per heavy atom. The lowest BCUT2D eigenvalue weighted by atomic mass is 9.86. The molecule has 1 saturated heterocycles. The summed E-state index contributed by atoms with van der Waals surface area (Å²) >= 11 is 0. The number of carboxylic acid groups (broad SMARTS) is 1. The third-order valence-electron chi connectivity index (χ3n) is 4.65. The van der Waals surface area contributed by atoms with Crippen LogP contribution >= 0.6 is 0 Å². The van der Waals surface area contributed by atoms with Crippen LogP contribution in [-0.2, 0) is 4.79 Å². The highest BCUT2D eigenvalue weighted by molar-refractivity contribution is 5.74. The molecule has 2 rings (SSSR count). The maximum Gasteiger partial charge on any atom is 0.317 e. The molecular formula is C15H27N3O3. The molecule has 1 aliphatic heterocycles. The highest BCUT2D eigenvalue weighted by atomic mass is 16.4. The first-order valence-electron chi connectivity index (χ1n) is 8.06. The molecule has 1 aliphatic carbocycles. The number of carbonyl (C=O) groups excluding carboxylic acids is 1. The summed E-state index contributed by atoms with van der Waals surface area (Å²) in [5.74, 6) is -0.248. The first kappa shape index (κ1) is 16.1. The number of nitrogens with one attached hydrogen (secondary N) is 1. The number of nitrogens with zero attached hydrogens (tertiary/aromatic N) is 2. The Morgan fingerprint density at radius 2 is 1.86 bits per heavy atom. The van der Waals surface area contributed by atoms with Crippen molar-refractivity contribution in [1.82, 2.24) is 15.1 Å². The minimum atomic E-state index is -0.802. The Labute approximate surface area is 126 Å². The van der Waals surface area contributed by atoms with Gasteiger partial charge in [0.05, 0.1) is 6.54 Å². The summed E-state index contributed by atoms with van der Waals surface area (Å²) in [6, 6.07) is 0.315. The van der Waals surface area contributed by atoms with Gasteiger partial charge < -0.3 is 15.3 Å². The second-order valence-corrected chi connectivity index (χ2v) is 6.33. The highest BCUT2D eigenvalue weighted by Crippen LogP contribution is 2.23. The predicted octanol–water partition coefficient (Wildman–Crippen LogP) is 1.37. The average molecular weight is 297 g/mol. The van der Waals surface area contributed by atoms with Gasteiger partial charge in [-0.1, -0.05) is 19.8 Å². The molecule has 2 aliphatic rings. The molecule has 0 aromatic carbocycles. The Hall–Kier alpha value is -1.30. The van der Waals surface area contributed by atoms with E-state index in [4.69, 9.17) is 5.11 Å². The van der Waals surface area contributed by atoms with Gasteiger partial charge in [-0.25, -0.2) is 4.79 Å². The van der Waals surface area contributed by atoms with Gasteiger partial charge in [0.1, 0.15) is 0 Å². The van der Waals surface area contributed by atoms with Gasteiger partial charge >= 0.3 is 12.0 Å². The molecule has 0 spiro atoms. The van der Waals surface area contributed by atoms with E-state index in [1.54, 1.807) is 0 Å². The fourth-order valence-corrected chi connectivity index (χ4v) is 3.30. The largest absolute Gasteiger partial charge is 0.480 e. The van der Waals surface area contributed by atoms with Crippen LogP contribution in [0.2, 0.25) is 0 Å². The number of hydrogen-bond donors (Lipinski definition) is 2. The van der Waals surface area contributed by atoms with Gasteiger partial charge in [-0.15, -0.1) is 0 Å². The van der Waals surface area contributed by atoms with Crippen LogP contribution in [0.5, 0.6) is 0 Å². The number of hydrogen-bond acceptors (Lipinski definition) is 3. The van der Waals surface area contributed by atoms with E-state index in [9.17, 15) is 9.59 Å². The van der Waals surface area contributed by atoms with E-state index in [-0.39, 0.29) is 12.6 Å². The maximum absolute atomic E-state index is 12.4. The molecule has 2 amide bonds. The van der Waals surface area contributed by atoms with Gasteiger partial charge in [-0.2, -0.15) is 0 Å². The molecule has 2 fully saturated rings. The first-order chi connectivity index (χ1) is 10.1. The van der Waals surface area contributed by atoms with E-state index in [1.165, 1.54) is 19.3 Å². The van der Waals surface area contributed by atoms with Crippen molar-refractivity contribution >= 4 is 12.0 Å². The number of amides is 2. The maximum atomic E-state index is 12.4. The van der Waals surface area contributed by atoms with Crippen LogP contribution in [0.3, 0.4) is 0 Å². The van der Waals surface area contributed by atoms with Crippen LogP contribution in [-0.4, -0.2) is 65.7 Å².